The third kappa shape index (κ3) is 2.73. The summed E-state index contributed by atoms with van der Waals surface area (Å²) in [4.78, 5) is 10.6. The van der Waals surface area contributed by atoms with Crippen LogP contribution in [0.1, 0.15) is 5.76 Å². The van der Waals surface area contributed by atoms with Crippen LogP contribution in [0, 0.1) is 0 Å². The Kier molecular flexibility index (Phi) is 4.56. The van der Waals surface area contributed by atoms with Gasteiger partial charge in [-0.25, -0.2) is 0 Å². The number of hydrogen-bond donors (Lipinski definition) is 2. The first-order chi connectivity index (χ1) is 4.74. The molecule has 0 amide bonds. The standard InChI is InChI=1S/C6H6O4.Y/c7-2-4-1-5(8)6(9)3-10-4;/h1,3,7,9H,2H2;. The van der Waals surface area contributed by atoms with Crippen LogP contribution in [0.5, 0.6) is 5.75 Å². The monoisotopic (exact) mass is 231 g/mol. The zero-order valence-electron chi connectivity index (χ0n) is 5.65. The molecular formula is C6H6O4Y. The van der Waals surface area contributed by atoms with Crippen LogP contribution in [0.2, 0.25) is 0 Å². The van der Waals surface area contributed by atoms with E-state index in [0.717, 1.165) is 12.3 Å². The summed E-state index contributed by atoms with van der Waals surface area (Å²) in [5.74, 6) is -0.306. The Morgan fingerprint density at radius 2 is 2.18 bits per heavy atom. The van der Waals surface area contributed by atoms with Crippen molar-refractivity contribution in [3.05, 3.63) is 28.3 Å². The minimum atomic E-state index is -0.546. The van der Waals surface area contributed by atoms with E-state index in [1.54, 1.807) is 0 Å². The van der Waals surface area contributed by atoms with E-state index in [1.165, 1.54) is 0 Å². The molecule has 0 aliphatic heterocycles. The van der Waals surface area contributed by atoms with Crippen molar-refractivity contribution in [2.24, 2.45) is 0 Å². The molecule has 2 N–H and O–H groups in total. The van der Waals surface area contributed by atoms with Crippen molar-refractivity contribution in [2.75, 3.05) is 0 Å². The van der Waals surface area contributed by atoms with Gasteiger partial charge in [-0.15, -0.1) is 0 Å². The van der Waals surface area contributed by atoms with Crippen LogP contribution in [-0.2, 0) is 39.3 Å². The smallest absolute Gasteiger partial charge is 0.226 e. The van der Waals surface area contributed by atoms with Crippen LogP contribution in [0.25, 0.3) is 0 Å². The van der Waals surface area contributed by atoms with Gasteiger partial charge in [0.1, 0.15) is 18.6 Å². The Labute approximate surface area is 87.7 Å². The molecule has 1 aromatic rings. The van der Waals surface area contributed by atoms with Gasteiger partial charge in [0.05, 0.1) is 0 Å². The van der Waals surface area contributed by atoms with Crippen LogP contribution in [0.15, 0.2) is 21.5 Å². The molecule has 4 nitrogen and oxygen atoms in total. The molecule has 0 bridgehead atoms. The van der Waals surface area contributed by atoms with Crippen LogP contribution in [0.3, 0.4) is 0 Å². The largest absolute Gasteiger partial charge is 0.502 e. The number of aliphatic hydroxyl groups excluding tert-OH is 1. The molecule has 0 saturated carbocycles. The molecule has 0 fully saturated rings. The molecule has 11 heavy (non-hydrogen) atoms. The van der Waals surface area contributed by atoms with Gasteiger partial charge in [0, 0.05) is 38.8 Å². The molecule has 0 aliphatic carbocycles. The number of rotatable bonds is 1. The predicted octanol–water partition coefficient (Wildman–Crippen LogP) is -0.165. The summed E-state index contributed by atoms with van der Waals surface area (Å²) >= 11 is 0. The first-order valence-electron chi connectivity index (χ1n) is 2.65. The topological polar surface area (TPSA) is 70.7 Å². The minimum absolute atomic E-state index is 0. The van der Waals surface area contributed by atoms with Gasteiger partial charge in [0.25, 0.3) is 0 Å². The summed E-state index contributed by atoms with van der Waals surface area (Å²) in [6.07, 6.45) is 0.897. The first kappa shape index (κ1) is 10.8. The Morgan fingerprint density at radius 1 is 1.55 bits per heavy atom. The van der Waals surface area contributed by atoms with E-state index in [0.29, 0.717) is 0 Å². The molecule has 57 valence electrons. The van der Waals surface area contributed by atoms with E-state index < -0.39 is 11.2 Å². The van der Waals surface area contributed by atoms with Crippen LogP contribution in [-0.4, -0.2) is 10.2 Å². The summed E-state index contributed by atoms with van der Waals surface area (Å²) in [5.41, 5.74) is -0.546. The van der Waals surface area contributed by atoms with Crippen molar-refractivity contribution >= 4 is 0 Å². The van der Waals surface area contributed by atoms with Crippen molar-refractivity contribution in [1.82, 2.24) is 0 Å². The maximum atomic E-state index is 10.6. The van der Waals surface area contributed by atoms with Crippen LogP contribution in [0.4, 0.5) is 0 Å². The number of aliphatic hydroxyl groups is 1. The van der Waals surface area contributed by atoms with E-state index in [1.807, 2.05) is 0 Å². The van der Waals surface area contributed by atoms with E-state index in [4.69, 9.17) is 10.2 Å². The molecule has 1 radical (unpaired) electrons. The fourth-order valence-electron chi connectivity index (χ4n) is 0.527. The van der Waals surface area contributed by atoms with Gasteiger partial charge >= 0.3 is 0 Å². The fourth-order valence-corrected chi connectivity index (χ4v) is 0.527. The second-order valence-corrected chi connectivity index (χ2v) is 1.75. The minimum Gasteiger partial charge on any atom is -0.502 e. The van der Waals surface area contributed by atoms with E-state index in [2.05, 4.69) is 4.42 Å². The average molecular weight is 231 g/mol. The number of aromatic hydroxyl groups is 1. The van der Waals surface area contributed by atoms with Crippen molar-refractivity contribution in [3.8, 4) is 5.75 Å². The van der Waals surface area contributed by atoms with Crippen molar-refractivity contribution in [1.29, 1.82) is 0 Å². The second kappa shape index (κ2) is 4.64. The first-order valence-corrected chi connectivity index (χ1v) is 2.65. The van der Waals surface area contributed by atoms with E-state index >= 15 is 0 Å². The quantitative estimate of drug-likeness (QED) is 0.704. The normalized spacial score (nSPS) is 8.82. The second-order valence-electron chi connectivity index (χ2n) is 1.75. The average Bonchev–Trinajstić information content (AvgIpc) is 1.95. The molecule has 1 heterocycles. The third-order valence-corrected chi connectivity index (χ3v) is 1.02. The maximum Gasteiger partial charge on any atom is 0.226 e. The van der Waals surface area contributed by atoms with Crippen molar-refractivity contribution in [2.45, 2.75) is 6.61 Å². The van der Waals surface area contributed by atoms with E-state index in [-0.39, 0.29) is 45.1 Å². The Bertz CT molecular complexity index is 280. The molecule has 0 aromatic carbocycles. The molecule has 0 atom stereocenters. The van der Waals surface area contributed by atoms with Crippen molar-refractivity contribution in [3.63, 3.8) is 0 Å². The summed E-state index contributed by atoms with van der Waals surface area (Å²) in [6.45, 7) is -0.338. The third-order valence-electron chi connectivity index (χ3n) is 1.02. The van der Waals surface area contributed by atoms with Crippen molar-refractivity contribution < 1.29 is 47.3 Å². The molecule has 0 aliphatic rings. The van der Waals surface area contributed by atoms with Gasteiger partial charge in [-0.3, -0.25) is 4.79 Å². The molecule has 0 spiro atoms. The molecule has 5 heteroatoms. The van der Waals surface area contributed by atoms with Gasteiger partial charge in [-0.1, -0.05) is 0 Å². The summed E-state index contributed by atoms with van der Waals surface area (Å²) in [7, 11) is 0. The van der Waals surface area contributed by atoms with Gasteiger partial charge in [0.2, 0.25) is 5.43 Å². The molecule has 0 saturated heterocycles. The zero-order chi connectivity index (χ0) is 7.56. The van der Waals surface area contributed by atoms with Gasteiger partial charge in [-0.05, 0) is 0 Å². The Balaban J connectivity index is 0.000001000. The summed E-state index contributed by atoms with van der Waals surface area (Å²) in [6, 6.07) is 1.04. The zero-order valence-corrected chi connectivity index (χ0v) is 8.49. The van der Waals surface area contributed by atoms with Gasteiger partial charge in [-0.2, -0.15) is 0 Å². The van der Waals surface area contributed by atoms with E-state index in [9.17, 15) is 4.79 Å². The van der Waals surface area contributed by atoms with Gasteiger partial charge < -0.3 is 14.6 Å². The maximum absolute atomic E-state index is 10.6. The molecular weight excluding hydrogens is 225 g/mol. The molecule has 1 rings (SSSR count). The predicted molar refractivity (Wildman–Crippen MR) is 32.6 cm³/mol. The van der Waals surface area contributed by atoms with Crippen LogP contribution >= 0.6 is 0 Å². The summed E-state index contributed by atoms with van der Waals surface area (Å²) in [5, 5.41) is 17.1. The van der Waals surface area contributed by atoms with Gasteiger partial charge in [0.15, 0.2) is 5.75 Å². The Morgan fingerprint density at radius 3 is 2.64 bits per heavy atom. The fraction of sp³-hybridized carbons (Fsp3) is 0.167. The Hall–Kier alpha value is -0.186. The number of hydrogen-bond acceptors (Lipinski definition) is 4. The summed E-state index contributed by atoms with van der Waals surface area (Å²) < 4.78 is 4.59. The van der Waals surface area contributed by atoms with Crippen LogP contribution < -0.4 is 5.43 Å². The SMILES string of the molecule is O=c1cc(CO)occ1O.[Y]. The molecule has 0 unspecified atom stereocenters. The molecule has 1 aromatic heterocycles.